The fourth-order valence-corrected chi connectivity index (χ4v) is 4.19. The van der Waals surface area contributed by atoms with Crippen molar-refractivity contribution >= 4 is 38.5 Å². The smallest absolute Gasteiger partial charge is 0.291 e. The largest absolute Gasteiger partial charge is 0.451 e. The Morgan fingerprint density at radius 1 is 0.968 bits per heavy atom. The maximum atomic E-state index is 12.7. The standard InChI is InChI=1S/C22H21N3O5S/c1-12-5-10-19-18(11-12)14(3)20(29-19)21(26)23-16-6-8-17(9-7-16)31(27,28)25-22-13(2)15(4)24-30-22/h5-11,25H,1-4H3,(H,23,26). The summed E-state index contributed by atoms with van der Waals surface area (Å²) < 4.78 is 38.3. The molecule has 9 heteroatoms. The van der Waals surface area contributed by atoms with E-state index in [4.69, 9.17) is 8.94 Å². The lowest BCUT2D eigenvalue weighted by molar-refractivity contribution is 0.0998. The molecule has 0 saturated heterocycles. The van der Waals surface area contributed by atoms with E-state index in [9.17, 15) is 13.2 Å². The minimum absolute atomic E-state index is 0.0225. The number of carbonyl (C=O) groups excluding carboxylic acids is 1. The molecule has 2 N–H and O–H groups in total. The monoisotopic (exact) mass is 439 g/mol. The van der Waals surface area contributed by atoms with Crippen molar-refractivity contribution < 1.29 is 22.2 Å². The van der Waals surface area contributed by atoms with Crippen LogP contribution in [0.1, 0.15) is 32.9 Å². The lowest BCUT2D eigenvalue weighted by Gasteiger charge is -2.08. The Kier molecular flexibility index (Phi) is 5.06. The van der Waals surface area contributed by atoms with Crippen molar-refractivity contribution in [3.05, 3.63) is 70.6 Å². The maximum Gasteiger partial charge on any atom is 0.291 e. The van der Waals surface area contributed by atoms with Gasteiger partial charge in [-0.25, -0.2) is 13.1 Å². The molecule has 0 radical (unpaired) electrons. The Hall–Kier alpha value is -3.59. The zero-order chi connectivity index (χ0) is 22.3. The van der Waals surface area contributed by atoms with Gasteiger partial charge in [-0.2, -0.15) is 0 Å². The topological polar surface area (TPSA) is 114 Å². The number of fused-ring (bicyclic) bond motifs is 1. The van der Waals surface area contributed by atoms with Crippen LogP contribution in [0.25, 0.3) is 11.0 Å². The number of carbonyl (C=O) groups is 1. The molecule has 2 aromatic carbocycles. The third-order valence-corrected chi connectivity index (χ3v) is 6.45. The number of benzene rings is 2. The molecule has 0 atom stereocenters. The molecule has 0 aliphatic heterocycles. The second-order valence-corrected chi connectivity index (χ2v) is 9.04. The summed E-state index contributed by atoms with van der Waals surface area (Å²) in [5, 5.41) is 7.36. The second kappa shape index (κ2) is 7.59. The number of hydrogen-bond acceptors (Lipinski definition) is 6. The third-order valence-electron chi connectivity index (χ3n) is 5.10. The number of rotatable bonds is 5. The van der Waals surface area contributed by atoms with Gasteiger partial charge in [0.15, 0.2) is 5.76 Å². The number of anilines is 2. The second-order valence-electron chi connectivity index (χ2n) is 7.36. The molecular formula is C22H21N3O5S. The molecule has 31 heavy (non-hydrogen) atoms. The van der Waals surface area contributed by atoms with Crippen molar-refractivity contribution in [3.8, 4) is 0 Å². The van der Waals surface area contributed by atoms with Crippen LogP contribution < -0.4 is 10.0 Å². The molecule has 0 bridgehead atoms. The van der Waals surface area contributed by atoms with Crippen LogP contribution in [-0.2, 0) is 10.0 Å². The number of nitrogens with one attached hydrogen (secondary N) is 2. The fourth-order valence-electron chi connectivity index (χ4n) is 3.15. The fraction of sp³-hybridized carbons (Fsp3) is 0.182. The average Bonchev–Trinajstić information content (AvgIpc) is 3.22. The van der Waals surface area contributed by atoms with E-state index < -0.39 is 15.9 Å². The van der Waals surface area contributed by atoms with E-state index >= 15 is 0 Å². The molecule has 1 amide bonds. The summed E-state index contributed by atoms with van der Waals surface area (Å²) >= 11 is 0. The highest BCUT2D eigenvalue weighted by atomic mass is 32.2. The van der Waals surface area contributed by atoms with Crippen LogP contribution in [0.3, 0.4) is 0 Å². The van der Waals surface area contributed by atoms with Crippen molar-refractivity contribution in [2.24, 2.45) is 0 Å². The summed E-state index contributed by atoms with van der Waals surface area (Å²) in [4.78, 5) is 12.7. The number of aryl methyl sites for hydroxylation is 3. The summed E-state index contributed by atoms with van der Waals surface area (Å²) in [5.41, 5.74) is 4.11. The van der Waals surface area contributed by atoms with Crippen LogP contribution in [-0.4, -0.2) is 19.5 Å². The van der Waals surface area contributed by atoms with Gasteiger partial charge in [0.2, 0.25) is 5.88 Å². The van der Waals surface area contributed by atoms with Crippen LogP contribution in [0.5, 0.6) is 0 Å². The van der Waals surface area contributed by atoms with Crippen molar-refractivity contribution in [2.75, 3.05) is 10.0 Å². The van der Waals surface area contributed by atoms with Crippen LogP contribution in [0.2, 0.25) is 0 Å². The number of hydrogen-bond donors (Lipinski definition) is 2. The number of sulfonamides is 1. The van der Waals surface area contributed by atoms with E-state index in [0.717, 1.165) is 16.5 Å². The van der Waals surface area contributed by atoms with Crippen LogP contribution in [0.4, 0.5) is 11.6 Å². The van der Waals surface area contributed by atoms with Crippen LogP contribution >= 0.6 is 0 Å². The summed E-state index contributed by atoms with van der Waals surface area (Å²) in [6.45, 7) is 7.23. The van der Waals surface area contributed by atoms with E-state index in [-0.39, 0.29) is 16.5 Å². The number of aromatic nitrogens is 1. The minimum atomic E-state index is -3.86. The molecule has 4 rings (SSSR count). The lowest BCUT2D eigenvalue weighted by Crippen LogP contribution is -2.14. The normalized spacial score (nSPS) is 11.6. The van der Waals surface area contributed by atoms with Crippen molar-refractivity contribution in [1.29, 1.82) is 0 Å². The molecule has 4 aromatic rings. The molecule has 8 nitrogen and oxygen atoms in total. The van der Waals surface area contributed by atoms with E-state index in [1.165, 1.54) is 24.3 Å². The quantitative estimate of drug-likeness (QED) is 0.465. The lowest BCUT2D eigenvalue weighted by atomic mass is 10.1. The highest BCUT2D eigenvalue weighted by molar-refractivity contribution is 7.92. The summed E-state index contributed by atoms with van der Waals surface area (Å²) in [6, 6.07) is 11.5. The van der Waals surface area contributed by atoms with E-state index in [0.29, 0.717) is 22.5 Å². The van der Waals surface area contributed by atoms with Crippen LogP contribution in [0, 0.1) is 27.7 Å². The van der Waals surface area contributed by atoms with Gasteiger partial charge in [-0.3, -0.25) is 4.79 Å². The van der Waals surface area contributed by atoms with Gasteiger partial charge >= 0.3 is 0 Å². The van der Waals surface area contributed by atoms with Gasteiger partial charge in [-0.15, -0.1) is 0 Å². The van der Waals surface area contributed by atoms with Gasteiger partial charge < -0.3 is 14.3 Å². The van der Waals surface area contributed by atoms with Gasteiger partial charge in [0.05, 0.1) is 10.6 Å². The van der Waals surface area contributed by atoms with Crippen molar-refractivity contribution in [1.82, 2.24) is 5.16 Å². The Balaban J connectivity index is 1.53. The van der Waals surface area contributed by atoms with Gasteiger partial charge in [-0.05, 0) is 64.1 Å². The van der Waals surface area contributed by atoms with Crippen molar-refractivity contribution in [2.45, 2.75) is 32.6 Å². The van der Waals surface area contributed by atoms with E-state index in [1.807, 2.05) is 32.0 Å². The van der Waals surface area contributed by atoms with E-state index in [1.54, 1.807) is 13.8 Å². The zero-order valence-corrected chi connectivity index (χ0v) is 18.3. The van der Waals surface area contributed by atoms with Gasteiger partial charge in [0.25, 0.3) is 15.9 Å². The molecule has 0 aliphatic rings. The molecule has 0 aliphatic carbocycles. The van der Waals surface area contributed by atoms with E-state index in [2.05, 4.69) is 15.2 Å². The van der Waals surface area contributed by atoms with Gasteiger partial charge in [0, 0.05) is 22.2 Å². The maximum absolute atomic E-state index is 12.7. The molecule has 160 valence electrons. The first kappa shape index (κ1) is 20.7. The first-order chi connectivity index (χ1) is 14.7. The zero-order valence-electron chi connectivity index (χ0n) is 17.4. The van der Waals surface area contributed by atoms with Crippen LogP contribution in [0.15, 0.2) is 56.3 Å². The Labute approximate surface area is 179 Å². The van der Waals surface area contributed by atoms with Gasteiger partial charge in [-0.1, -0.05) is 16.8 Å². The summed E-state index contributed by atoms with van der Waals surface area (Å²) in [6.07, 6.45) is 0. The minimum Gasteiger partial charge on any atom is -0.451 e. The molecule has 0 fully saturated rings. The Morgan fingerprint density at radius 3 is 2.32 bits per heavy atom. The SMILES string of the molecule is Cc1ccc2oc(C(=O)Nc3ccc(S(=O)(=O)Nc4onc(C)c4C)cc3)c(C)c2c1. The molecule has 2 heterocycles. The Bertz CT molecular complexity index is 1400. The first-order valence-corrected chi connectivity index (χ1v) is 11.0. The molecule has 2 aromatic heterocycles. The summed E-state index contributed by atoms with van der Waals surface area (Å²) in [5.74, 6) is -0.117. The predicted molar refractivity (Wildman–Crippen MR) is 117 cm³/mol. The number of amides is 1. The third kappa shape index (κ3) is 3.91. The predicted octanol–water partition coefficient (Wildman–Crippen LogP) is 4.71. The molecule has 0 unspecified atom stereocenters. The average molecular weight is 439 g/mol. The van der Waals surface area contributed by atoms with Gasteiger partial charge in [0.1, 0.15) is 5.58 Å². The number of furan rings is 1. The molecule has 0 spiro atoms. The Morgan fingerprint density at radius 2 is 1.68 bits per heavy atom. The highest BCUT2D eigenvalue weighted by Gasteiger charge is 2.21. The first-order valence-electron chi connectivity index (χ1n) is 9.52. The summed E-state index contributed by atoms with van der Waals surface area (Å²) in [7, 11) is -3.86. The molecule has 0 saturated carbocycles. The highest BCUT2D eigenvalue weighted by Crippen LogP contribution is 2.27. The molecular weight excluding hydrogens is 418 g/mol. The van der Waals surface area contributed by atoms with Crippen molar-refractivity contribution in [3.63, 3.8) is 0 Å². The number of nitrogens with zero attached hydrogens (tertiary/aromatic N) is 1.